The molecule has 2 fully saturated rings. The molecule has 0 N–H and O–H groups in total. The van der Waals surface area contributed by atoms with Crippen molar-refractivity contribution in [2.75, 3.05) is 14.7 Å². The maximum atomic E-state index is 2.91. The zero-order valence-electron chi connectivity index (χ0n) is 35.2. The van der Waals surface area contributed by atoms with Crippen molar-refractivity contribution in [3.05, 3.63) is 113 Å². The molecule has 11 rings (SSSR count). The van der Waals surface area contributed by atoms with Crippen molar-refractivity contribution >= 4 is 76.2 Å². The smallest absolute Gasteiger partial charge is 0.252 e. The summed E-state index contributed by atoms with van der Waals surface area (Å²) in [6.07, 6.45) is 10.0. The van der Waals surface area contributed by atoms with Crippen molar-refractivity contribution in [1.29, 1.82) is 0 Å². The van der Waals surface area contributed by atoms with Gasteiger partial charge in [0.2, 0.25) is 0 Å². The summed E-state index contributed by atoms with van der Waals surface area (Å²) in [5, 5.41) is 1.58. The maximum absolute atomic E-state index is 2.91. The Kier molecular flexibility index (Phi) is 7.03. The number of fused-ring (bicyclic) bond motifs is 10. The lowest BCUT2D eigenvalue weighted by Gasteiger charge is -2.53. The van der Waals surface area contributed by atoms with Crippen molar-refractivity contribution < 1.29 is 0 Å². The third-order valence-corrected chi connectivity index (χ3v) is 18.6. The normalized spacial score (nSPS) is 28.0. The van der Waals surface area contributed by atoms with Crippen molar-refractivity contribution in [3.8, 4) is 0 Å². The minimum Gasteiger partial charge on any atom is -0.335 e. The highest BCUT2D eigenvalue weighted by Gasteiger charge is 2.62. The third kappa shape index (κ3) is 4.21. The lowest BCUT2D eigenvalue weighted by molar-refractivity contribution is 0.194. The Hall–Kier alpha value is -4.22. The summed E-state index contributed by atoms with van der Waals surface area (Å²) in [6, 6.07) is 36.9. The van der Waals surface area contributed by atoms with Gasteiger partial charge in [-0.3, -0.25) is 0 Å². The van der Waals surface area contributed by atoms with Gasteiger partial charge in [-0.05, 0) is 128 Å². The predicted octanol–water partition coefficient (Wildman–Crippen LogP) is 10.9. The van der Waals surface area contributed by atoms with E-state index in [1.165, 1.54) is 119 Å². The van der Waals surface area contributed by atoms with E-state index in [0.717, 1.165) is 0 Å². The van der Waals surface area contributed by atoms with Crippen LogP contribution in [-0.2, 0) is 10.8 Å². The van der Waals surface area contributed by atoms with Gasteiger partial charge in [-0.25, -0.2) is 0 Å². The first-order valence-corrected chi connectivity index (χ1v) is 25.2. The van der Waals surface area contributed by atoms with Gasteiger partial charge in [0.25, 0.3) is 6.71 Å². The highest BCUT2D eigenvalue weighted by atomic mass is 28.3. The number of hydrogen-bond acceptors (Lipinski definition) is 3. The number of aryl methyl sites for hydroxylation is 2. The molecule has 4 unspecified atom stereocenters. The van der Waals surface area contributed by atoms with Gasteiger partial charge in [-0.1, -0.05) is 119 Å². The van der Waals surface area contributed by atoms with Gasteiger partial charge in [0.05, 0.1) is 19.2 Å². The molecule has 0 saturated heterocycles. The van der Waals surface area contributed by atoms with Crippen LogP contribution < -0.4 is 36.3 Å². The number of benzene rings is 5. The van der Waals surface area contributed by atoms with Crippen LogP contribution in [0, 0.1) is 13.8 Å². The summed E-state index contributed by atoms with van der Waals surface area (Å²) in [5.41, 5.74) is 19.9. The van der Waals surface area contributed by atoms with E-state index in [9.17, 15) is 0 Å². The number of rotatable bonds is 3. The lowest BCUT2D eigenvalue weighted by Crippen LogP contribution is -2.64. The Morgan fingerprint density at radius 2 is 1.20 bits per heavy atom. The first-order valence-electron chi connectivity index (χ1n) is 21.7. The summed E-state index contributed by atoms with van der Waals surface area (Å²) in [4.78, 5) is 8.42. The summed E-state index contributed by atoms with van der Waals surface area (Å²) < 4.78 is 0. The molecule has 0 aromatic heterocycles. The summed E-state index contributed by atoms with van der Waals surface area (Å²) in [7, 11) is -1.52. The molecule has 6 aliphatic rings. The fourth-order valence-corrected chi connectivity index (χ4v) is 14.3. The van der Waals surface area contributed by atoms with Gasteiger partial charge >= 0.3 is 0 Å². The molecule has 3 nitrogen and oxygen atoms in total. The fourth-order valence-electron chi connectivity index (χ4n) is 13.2. The molecule has 0 bridgehead atoms. The zero-order chi connectivity index (χ0) is 38.7. The second kappa shape index (κ2) is 11.2. The molecule has 4 aliphatic heterocycles. The SMILES string of the molecule is Cc1cccc(N2c3cc(C)ccc3B3c4cccc5c4N(c4cc(N6c7ccc([Si](C)(C)C)cc7C7(C)CCCCC67C)cc2c43)C2(C)CCCCC52C)c1. The summed E-state index contributed by atoms with van der Waals surface area (Å²) in [6.45, 7) is 22.7. The van der Waals surface area contributed by atoms with Crippen molar-refractivity contribution in [3.63, 3.8) is 0 Å². The second-order valence-electron chi connectivity index (χ2n) is 20.6. The van der Waals surface area contributed by atoms with Crippen molar-refractivity contribution in [1.82, 2.24) is 0 Å². The minimum atomic E-state index is -1.52. The van der Waals surface area contributed by atoms with Crippen LogP contribution in [0.2, 0.25) is 19.6 Å². The zero-order valence-corrected chi connectivity index (χ0v) is 36.2. The molecule has 0 radical (unpaired) electrons. The van der Waals surface area contributed by atoms with E-state index in [4.69, 9.17) is 0 Å². The van der Waals surface area contributed by atoms with Crippen LogP contribution in [0.25, 0.3) is 0 Å². The molecule has 2 aliphatic carbocycles. The van der Waals surface area contributed by atoms with Gasteiger partial charge < -0.3 is 14.7 Å². The molecular formula is C51H58BN3Si. The fraction of sp³-hybridized carbons (Fsp3) is 0.412. The van der Waals surface area contributed by atoms with Gasteiger partial charge in [0, 0.05) is 50.6 Å². The summed E-state index contributed by atoms with van der Waals surface area (Å²) in [5.74, 6) is 0. The van der Waals surface area contributed by atoms with E-state index < -0.39 is 8.07 Å². The van der Waals surface area contributed by atoms with Gasteiger partial charge in [-0.2, -0.15) is 0 Å². The molecule has 5 aromatic carbocycles. The Morgan fingerprint density at radius 3 is 1.93 bits per heavy atom. The van der Waals surface area contributed by atoms with Crippen LogP contribution in [0.3, 0.4) is 0 Å². The van der Waals surface area contributed by atoms with E-state index in [2.05, 4.69) is 167 Å². The first kappa shape index (κ1) is 35.0. The molecule has 284 valence electrons. The Morgan fingerprint density at radius 1 is 0.536 bits per heavy atom. The van der Waals surface area contributed by atoms with E-state index >= 15 is 0 Å². The quantitative estimate of drug-likeness (QED) is 0.167. The van der Waals surface area contributed by atoms with E-state index in [-0.39, 0.29) is 28.6 Å². The largest absolute Gasteiger partial charge is 0.335 e. The highest BCUT2D eigenvalue weighted by molar-refractivity contribution is 7.00. The molecule has 56 heavy (non-hydrogen) atoms. The Bertz CT molecular complexity index is 2520. The summed E-state index contributed by atoms with van der Waals surface area (Å²) >= 11 is 0. The Balaban J connectivity index is 1.26. The average molecular weight is 752 g/mol. The monoisotopic (exact) mass is 751 g/mol. The standard InChI is InChI=1S/C51H58BN3Si/c1-33-16-14-17-35(28-33)53-43-29-34(2)20-22-40(43)52-41-19-15-18-38-47(41)55(51(6)27-13-10-24-48(38,51)3)45-31-36(30-44(53)46(45)52)54-42-23-21-37(56(7,8)9)32-39(42)49(4)25-11-12-26-50(49,54)5/h14-23,28-32H,10-13,24-27H2,1-9H3. The predicted molar refractivity (Wildman–Crippen MR) is 244 cm³/mol. The molecule has 4 atom stereocenters. The van der Waals surface area contributed by atoms with E-state index in [1.807, 2.05) is 0 Å². The van der Waals surface area contributed by atoms with Gasteiger partial charge in [0.15, 0.2) is 0 Å². The van der Waals surface area contributed by atoms with E-state index in [1.54, 1.807) is 16.3 Å². The van der Waals surface area contributed by atoms with Gasteiger partial charge in [-0.15, -0.1) is 0 Å². The average Bonchev–Trinajstić information content (AvgIpc) is 3.51. The van der Waals surface area contributed by atoms with Crippen molar-refractivity contribution in [2.45, 2.75) is 134 Å². The number of anilines is 7. The molecule has 5 heteroatoms. The van der Waals surface area contributed by atoms with Crippen LogP contribution in [0.1, 0.15) is 101 Å². The molecule has 4 heterocycles. The number of para-hydroxylation sites is 1. The minimum absolute atomic E-state index is 0.0127. The molecule has 2 saturated carbocycles. The van der Waals surface area contributed by atoms with Crippen molar-refractivity contribution in [2.24, 2.45) is 0 Å². The molecule has 0 spiro atoms. The van der Waals surface area contributed by atoms with Crippen LogP contribution >= 0.6 is 0 Å². The highest BCUT2D eigenvalue weighted by Crippen LogP contribution is 2.64. The van der Waals surface area contributed by atoms with Crippen LogP contribution in [0.15, 0.2) is 91.0 Å². The lowest BCUT2D eigenvalue weighted by atomic mass is 9.33. The molecular weight excluding hydrogens is 693 g/mol. The Labute approximate surface area is 337 Å². The number of nitrogens with zero attached hydrogens (tertiary/aromatic N) is 3. The third-order valence-electron chi connectivity index (χ3n) is 16.6. The van der Waals surface area contributed by atoms with E-state index in [0.29, 0.717) is 0 Å². The molecule has 5 aromatic rings. The van der Waals surface area contributed by atoms with Crippen LogP contribution in [0.4, 0.5) is 39.8 Å². The van der Waals surface area contributed by atoms with Gasteiger partial charge in [0.1, 0.15) is 0 Å². The second-order valence-corrected chi connectivity index (χ2v) is 25.7. The molecule has 0 amide bonds. The number of hydrogen-bond donors (Lipinski definition) is 0. The van der Waals surface area contributed by atoms with Crippen LogP contribution in [0.5, 0.6) is 0 Å². The van der Waals surface area contributed by atoms with Crippen LogP contribution in [-0.4, -0.2) is 25.9 Å². The maximum Gasteiger partial charge on any atom is 0.252 e. The topological polar surface area (TPSA) is 9.72 Å². The first-order chi connectivity index (χ1) is 26.7.